The Morgan fingerprint density at radius 2 is 2.21 bits per heavy atom. The maximum atomic E-state index is 12.1. The van der Waals surface area contributed by atoms with Crippen LogP contribution in [0.1, 0.15) is 28.9 Å². The van der Waals surface area contributed by atoms with E-state index in [9.17, 15) is 4.79 Å². The number of pyridine rings is 1. The van der Waals surface area contributed by atoms with Crippen LogP contribution in [0.3, 0.4) is 0 Å². The molecule has 0 aliphatic carbocycles. The molecule has 0 bridgehead atoms. The van der Waals surface area contributed by atoms with E-state index in [1.807, 2.05) is 19.1 Å². The van der Waals surface area contributed by atoms with Gasteiger partial charge in [-0.1, -0.05) is 6.07 Å². The Morgan fingerprint density at radius 1 is 1.42 bits per heavy atom. The summed E-state index contributed by atoms with van der Waals surface area (Å²) >= 11 is 3.31. The summed E-state index contributed by atoms with van der Waals surface area (Å²) in [5.41, 5.74) is 7.83. The van der Waals surface area contributed by atoms with Gasteiger partial charge in [-0.05, 0) is 52.7 Å². The lowest BCUT2D eigenvalue weighted by atomic mass is 10.1. The first-order valence-electron chi connectivity index (χ1n) is 5.83. The Labute approximate surface area is 120 Å². The van der Waals surface area contributed by atoms with Crippen LogP contribution in [0.15, 0.2) is 47.2 Å². The van der Waals surface area contributed by atoms with Gasteiger partial charge in [-0.25, -0.2) is 0 Å². The van der Waals surface area contributed by atoms with Crippen LogP contribution in [0.25, 0.3) is 0 Å². The van der Waals surface area contributed by atoms with Gasteiger partial charge >= 0.3 is 0 Å². The second kappa shape index (κ2) is 5.84. The van der Waals surface area contributed by atoms with E-state index in [1.54, 1.807) is 30.6 Å². The van der Waals surface area contributed by atoms with Gasteiger partial charge in [0.05, 0.1) is 6.04 Å². The molecule has 1 heterocycles. The summed E-state index contributed by atoms with van der Waals surface area (Å²) in [4.78, 5) is 16.1. The third-order valence-electron chi connectivity index (χ3n) is 2.79. The molecule has 1 aromatic carbocycles. The van der Waals surface area contributed by atoms with E-state index in [4.69, 9.17) is 5.73 Å². The zero-order valence-electron chi connectivity index (χ0n) is 10.4. The fourth-order valence-electron chi connectivity index (χ4n) is 1.66. The molecule has 0 radical (unpaired) electrons. The van der Waals surface area contributed by atoms with Crippen LogP contribution in [0.4, 0.5) is 5.69 Å². The lowest BCUT2D eigenvalue weighted by Crippen LogP contribution is -2.26. The number of carbonyl (C=O) groups is 1. The number of rotatable bonds is 3. The number of nitrogens with one attached hydrogen (secondary N) is 1. The number of nitrogens with two attached hydrogens (primary N) is 1. The molecule has 0 fully saturated rings. The number of anilines is 1. The van der Waals surface area contributed by atoms with Crippen LogP contribution in [-0.4, -0.2) is 10.9 Å². The summed E-state index contributed by atoms with van der Waals surface area (Å²) in [6.45, 7) is 1.92. The molecule has 1 atom stereocenters. The molecule has 0 saturated heterocycles. The second-order valence-corrected chi connectivity index (χ2v) is 5.07. The van der Waals surface area contributed by atoms with Crippen LogP contribution in [0, 0.1) is 0 Å². The number of aromatic nitrogens is 1. The van der Waals surface area contributed by atoms with Crippen molar-refractivity contribution in [1.29, 1.82) is 0 Å². The van der Waals surface area contributed by atoms with Gasteiger partial charge in [0.15, 0.2) is 0 Å². The Bertz CT molecular complexity index is 586. The Hall–Kier alpha value is -1.88. The summed E-state index contributed by atoms with van der Waals surface area (Å²) in [6, 6.07) is 8.78. The standard InChI is InChI=1S/C14H14BrN3O/c1-9(11-3-2-6-17-8-11)18-14(19)10-4-5-13(16)12(15)7-10/h2-9H,16H2,1H3,(H,18,19)/t9-/m1/s1. The van der Waals surface area contributed by atoms with Crippen molar-refractivity contribution < 1.29 is 4.79 Å². The predicted octanol–water partition coefficient (Wildman–Crippen LogP) is 2.92. The van der Waals surface area contributed by atoms with Gasteiger partial charge in [0.2, 0.25) is 0 Å². The van der Waals surface area contributed by atoms with Crippen LogP contribution >= 0.6 is 15.9 Å². The van der Waals surface area contributed by atoms with Crippen LogP contribution in [0.5, 0.6) is 0 Å². The molecule has 98 valence electrons. The molecule has 19 heavy (non-hydrogen) atoms. The maximum Gasteiger partial charge on any atom is 0.251 e. The molecule has 2 rings (SSSR count). The normalized spacial score (nSPS) is 11.9. The highest BCUT2D eigenvalue weighted by atomic mass is 79.9. The molecule has 1 amide bonds. The van der Waals surface area contributed by atoms with Gasteiger partial charge in [0, 0.05) is 28.1 Å². The zero-order chi connectivity index (χ0) is 13.8. The van der Waals surface area contributed by atoms with E-state index in [1.165, 1.54) is 0 Å². The molecule has 3 N–H and O–H groups in total. The first-order valence-corrected chi connectivity index (χ1v) is 6.63. The number of hydrogen-bond donors (Lipinski definition) is 2. The van der Waals surface area contributed by atoms with Gasteiger partial charge in [-0.15, -0.1) is 0 Å². The molecule has 2 aromatic rings. The van der Waals surface area contributed by atoms with Crippen molar-refractivity contribution in [2.75, 3.05) is 5.73 Å². The summed E-state index contributed by atoms with van der Waals surface area (Å²) in [5, 5.41) is 2.92. The highest BCUT2D eigenvalue weighted by molar-refractivity contribution is 9.10. The number of nitrogens with zero attached hydrogens (tertiary/aromatic N) is 1. The van der Waals surface area contributed by atoms with Gasteiger partial charge in [0.25, 0.3) is 5.91 Å². The fraction of sp³-hybridized carbons (Fsp3) is 0.143. The number of benzene rings is 1. The molecule has 5 heteroatoms. The van der Waals surface area contributed by atoms with Crippen molar-refractivity contribution in [2.45, 2.75) is 13.0 Å². The quantitative estimate of drug-likeness (QED) is 0.855. The highest BCUT2D eigenvalue weighted by Gasteiger charge is 2.12. The predicted molar refractivity (Wildman–Crippen MR) is 78.7 cm³/mol. The van der Waals surface area contributed by atoms with Crippen LogP contribution in [0.2, 0.25) is 0 Å². The van der Waals surface area contributed by atoms with Crippen molar-refractivity contribution in [3.05, 3.63) is 58.3 Å². The highest BCUT2D eigenvalue weighted by Crippen LogP contribution is 2.21. The van der Waals surface area contributed by atoms with E-state index in [0.29, 0.717) is 15.7 Å². The number of amides is 1. The summed E-state index contributed by atoms with van der Waals surface area (Å²) < 4.78 is 0.717. The minimum Gasteiger partial charge on any atom is -0.398 e. The van der Waals surface area contributed by atoms with Crippen molar-refractivity contribution >= 4 is 27.5 Å². The van der Waals surface area contributed by atoms with Crippen molar-refractivity contribution in [3.63, 3.8) is 0 Å². The number of nitrogen functional groups attached to an aromatic ring is 1. The van der Waals surface area contributed by atoms with Crippen molar-refractivity contribution in [3.8, 4) is 0 Å². The Balaban J connectivity index is 2.11. The number of hydrogen-bond acceptors (Lipinski definition) is 3. The third kappa shape index (κ3) is 3.32. The molecule has 1 aromatic heterocycles. The SMILES string of the molecule is C[C@@H](NC(=O)c1ccc(N)c(Br)c1)c1cccnc1. The molecule has 0 spiro atoms. The smallest absolute Gasteiger partial charge is 0.251 e. The molecule has 4 nitrogen and oxygen atoms in total. The Kier molecular flexibility index (Phi) is 4.16. The third-order valence-corrected chi connectivity index (χ3v) is 3.48. The first kappa shape index (κ1) is 13.5. The summed E-state index contributed by atoms with van der Waals surface area (Å²) in [5.74, 6) is -0.142. The molecule has 0 unspecified atom stereocenters. The maximum absolute atomic E-state index is 12.1. The van der Waals surface area contributed by atoms with Gasteiger partial charge in [-0.3, -0.25) is 9.78 Å². The number of carbonyl (C=O) groups excluding carboxylic acids is 1. The van der Waals surface area contributed by atoms with Crippen LogP contribution < -0.4 is 11.1 Å². The zero-order valence-corrected chi connectivity index (χ0v) is 12.0. The Morgan fingerprint density at radius 3 is 2.84 bits per heavy atom. The molecule has 0 saturated carbocycles. The topological polar surface area (TPSA) is 68.0 Å². The monoisotopic (exact) mass is 319 g/mol. The minimum absolute atomic E-state index is 0.0995. The van der Waals surface area contributed by atoms with Crippen LogP contribution in [-0.2, 0) is 0 Å². The second-order valence-electron chi connectivity index (χ2n) is 4.22. The van der Waals surface area contributed by atoms with E-state index < -0.39 is 0 Å². The average Bonchev–Trinajstić information content (AvgIpc) is 2.42. The molecule has 0 aliphatic rings. The van der Waals surface area contributed by atoms with Gasteiger partial charge < -0.3 is 11.1 Å². The lowest BCUT2D eigenvalue weighted by Gasteiger charge is -2.14. The average molecular weight is 320 g/mol. The van der Waals surface area contributed by atoms with E-state index >= 15 is 0 Å². The lowest BCUT2D eigenvalue weighted by molar-refractivity contribution is 0.0940. The summed E-state index contributed by atoms with van der Waals surface area (Å²) in [7, 11) is 0. The van der Waals surface area contributed by atoms with Crippen molar-refractivity contribution in [1.82, 2.24) is 10.3 Å². The summed E-state index contributed by atoms with van der Waals surface area (Å²) in [6.07, 6.45) is 3.44. The van der Waals surface area contributed by atoms with E-state index in [-0.39, 0.29) is 11.9 Å². The number of halogens is 1. The van der Waals surface area contributed by atoms with Gasteiger partial charge in [-0.2, -0.15) is 0 Å². The van der Waals surface area contributed by atoms with E-state index in [2.05, 4.69) is 26.2 Å². The molecular weight excluding hydrogens is 306 g/mol. The molecule has 0 aliphatic heterocycles. The van der Waals surface area contributed by atoms with Gasteiger partial charge in [0.1, 0.15) is 0 Å². The fourth-order valence-corrected chi connectivity index (χ4v) is 2.04. The minimum atomic E-state index is -0.142. The van der Waals surface area contributed by atoms with Crippen molar-refractivity contribution in [2.24, 2.45) is 0 Å². The molecular formula is C14H14BrN3O. The first-order chi connectivity index (χ1) is 9.08. The van der Waals surface area contributed by atoms with E-state index in [0.717, 1.165) is 5.56 Å². The largest absolute Gasteiger partial charge is 0.398 e.